The number of hydrogen-bond acceptors (Lipinski definition) is 4. The monoisotopic (exact) mass is 497 g/mol. The molecule has 1 heterocycles. The van der Waals surface area contributed by atoms with Crippen LogP contribution in [0.2, 0.25) is 0 Å². The van der Waals surface area contributed by atoms with E-state index in [1.54, 1.807) is 12.5 Å². The van der Waals surface area contributed by atoms with Crippen LogP contribution in [0.15, 0.2) is 23.0 Å². The maximum atomic E-state index is 11.5. The van der Waals surface area contributed by atoms with Crippen LogP contribution in [0.4, 0.5) is 0 Å². The maximum absolute atomic E-state index is 11.5. The minimum atomic E-state index is -0.145. The van der Waals surface area contributed by atoms with Gasteiger partial charge in [0.05, 0.1) is 5.76 Å². The smallest absolute Gasteiger partial charge is 0.302 e. The number of fused-ring (bicyclic) bond motifs is 7. The lowest BCUT2D eigenvalue weighted by molar-refractivity contribution is -0.148. The number of esters is 1. The van der Waals surface area contributed by atoms with Crippen molar-refractivity contribution in [2.75, 3.05) is 6.54 Å². The van der Waals surface area contributed by atoms with Crippen molar-refractivity contribution in [2.45, 2.75) is 112 Å². The standard InChI is InChI=1S/C31H47NO4/c1-18(17-32-20(3)33)7-10-27-19(2)29-28(36-27)16-26-24-9-8-22-15-23(35-21(4)34)11-13-30(22,5)25(24)12-14-31(26,29)6/h8,18,23-26,28-29H,7,9-17H2,1-6H3,(H,32,33)/t18-,23+,24+,25-,26-,28+,29-,30+,31+/m1/s1. The van der Waals surface area contributed by atoms with Crippen LogP contribution in [-0.4, -0.2) is 30.6 Å². The average molecular weight is 498 g/mol. The summed E-state index contributed by atoms with van der Waals surface area (Å²) in [6.07, 6.45) is 13.0. The molecule has 5 heteroatoms. The topological polar surface area (TPSA) is 64.6 Å². The first-order valence-corrected chi connectivity index (χ1v) is 14.5. The van der Waals surface area contributed by atoms with Crippen molar-refractivity contribution in [3.05, 3.63) is 23.0 Å². The highest BCUT2D eigenvalue weighted by atomic mass is 16.5. The van der Waals surface area contributed by atoms with Crippen LogP contribution in [0, 0.1) is 40.4 Å². The second-order valence-electron chi connectivity index (χ2n) is 13.3. The molecule has 0 radical (unpaired) electrons. The Morgan fingerprint density at radius 3 is 2.69 bits per heavy atom. The van der Waals surface area contributed by atoms with E-state index in [2.05, 4.69) is 39.1 Å². The Kier molecular flexibility index (Phi) is 6.83. The quantitative estimate of drug-likeness (QED) is 0.344. The Labute approximate surface area is 217 Å². The van der Waals surface area contributed by atoms with E-state index in [0.717, 1.165) is 56.4 Å². The molecule has 0 spiro atoms. The predicted molar refractivity (Wildman–Crippen MR) is 141 cm³/mol. The summed E-state index contributed by atoms with van der Waals surface area (Å²) in [5, 5.41) is 2.95. The van der Waals surface area contributed by atoms with Crippen LogP contribution in [-0.2, 0) is 19.1 Å². The van der Waals surface area contributed by atoms with Gasteiger partial charge in [0, 0.05) is 39.2 Å². The number of allylic oxidation sites excluding steroid dienone is 2. The van der Waals surface area contributed by atoms with E-state index in [0.29, 0.717) is 23.4 Å². The number of rotatable bonds is 6. The normalized spacial score (nSPS) is 41.8. The van der Waals surface area contributed by atoms with Gasteiger partial charge in [0.15, 0.2) is 0 Å². The van der Waals surface area contributed by atoms with Gasteiger partial charge >= 0.3 is 5.97 Å². The van der Waals surface area contributed by atoms with Crippen LogP contribution < -0.4 is 5.32 Å². The minimum Gasteiger partial charge on any atom is -0.494 e. The van der Waals surface area contributed by atoms with Crippen LogP contribution in [0.1, 0.15) is 99.3 Å². The van der Waals surface area contributed by atoms with Gasteiger partial charge in [-0.25, -0.2) is 0 Å². The zero-order valence-corrected chi connectivity index (χ0v) is 23.3. The highest BCUT2D eigenvalue weighted by molar-refractivity contribution is 5.72. The van der Waals surface area contributed by atoms with Crippen LogP contribution in [0.3, 0.4) is 0 Å². The summed E-state index contributed by atoms with van der Waals surface area (Å²) in [6.45, 7) is 13.5. The number of ether oxygens (including phenoxy) is 2. The number of amides is 1. The third-order valence-corrected chi connectivity index (χ3v) is 11.2. The molecule has 0 bridgehead atoms. The van der Waals surface area contributed by atoms with E-state index >= 15 is 0 Å². The van der Waals surface area contributed by atoms with Gasteiger partial charge in [0.25, 0.3) is 0 Å². The average Bonchev–Trinajstić information content (AvgIpc) is 3.29. The van der Waals surface area contributed by atoms with E-state index in [1.165, 1.54) is 43.9 Å². The van der Waals surface area contributed by atoms with Crippen molar-refractivity contribution in [3.8, 4) is 0 Å². The molecule has 3 fully saturated rings. The van der Waals surface area contributed by atoms with Gasteiger partial charge in [-0.1, -0.05) is 32.4 Å². The van der Waals surface area contributed by atoms with E-state index in [4.69, 9.17) is 9.47 Å². The number of carbonyl (C=O) groups excluding carboxylic acids is 2. The van der Waals surface area contributed by atoms with Gasteiger partial charge < -0.3 is 14.8 Å². The third kappa shape index (κ3) is 4.32. The van der Waals surface area contributed by atoms with Gasteiger partial charge in [0.1, 0.15) is 12.2 Å². The molecule has 0 saturated heterocycles. The summed E-state index contributed by atoms with van der Waals surface area (Å²) >= 11 is 0. The van der Waals surface area contributed by atoms with E-state index < -0.39 is 0 Å². The molecular formula is C31H47NO4. The van der Waals surface area contributed by atoms with E-state index in [9.17, 15) is 9.59 Å². The Morgan fingerprint density at radius 2 is 1.97 bits per heavy atom. The molecule has 3 saturated carbocycles. The summed E-state index contributed by atoms with van der Waals surface area (Å²) in [7, 11) is 0. The van der Waals surface area contributed by atoms with Gasteiger partial charge in [-0.05, 0) is 91.9 Å². The maximum Gasteiger partial charge on any atom is 0.302 e. The van der Waals surface area contributed by atoms with E-state index in [-0.39, 0.29) is 23.4 Å². The molecular weight excluding hydrogens is 450 g/mol. The zero-order valence-electron chi connectivity index (χ0n) is 23.3. The fourth-order valence-electron chi connectivity index (χ4n) is 9.34. The molecule has 5 nitrogen and oxygen atoms in total. The molecule has 0 aromatic rings. The molecule has 36 heavy (non-hydrogen) atoms. The van der Waals surface area contributed by atoms with Crippen molar-refractivity contribution in [3.63, 3.8) is 0 Å². The molecule has 0 unspecified atom stereocenters. The first kappa shape index (κ1) is 25.9. The molecule has 1 aliphatic heterocycles. The van der Waals surface area contributed by atoms with Crippen molar-refractivity contribution in [1.82, 2.24) is 5.32 Å². The van der Waals surface area contributed by atoms with Crippen molar-refractivity contribution < 1.29 is 19.1 Å². The van der Waals surface area contributed by atoms with Crippen LogP contribution >= 0.6 is 0 Å². The van der Waals surface area contributed by atoms with Gasteiger partial charge in [-0.3, -0.25) is 9.59 Å². The number of nitrogens with one attached hydrogen (secondary N) is 1. The Bertz CT molecular complexity index is 968. The Hall–Kier alpha value is -1.78. The second kappa shape index (κ2) is 9.51. The lowest BCUT2D eigenvalue weighted by atomic mass is 9.47. The number of hydrogen-bond donors (Lipinski definition) is 1. The van der Waals surface area contributed by atoms with Crippen LogP contribution in [0.5, 0.6) is 0 Å². The summed E-state index contributed by atoms with van der Waals surface area (Å²) in [5.41, 5.74) is 3.66. The predicted octanol–water partition coefficient (Wildman–Crippen LogP) is 6.33. The Balaban J connectivity index is 1.29. The first-order chi connectivity index (χ1) is 17.0. The Morgan fingerprint density at radius 1 is 1.19 bits per heavy atom. The molecule has 1 amide bonds. The third-order valence-electron chi connectivity index (χ3n) is 11.2. The largest absolute Gasteiger partial charge is 0.494 e. The lowest BCUT2D eigenvalue weighted by Gasteiger charge is -2.58. The molecule has 0 aromatic heterocycles. The fourth-order valence-corrected chi connectivity index (χ4v) is 9.34. The summed E-state index contributed by atoms with van der Waals surface area (Å²) in [4.78, 5) is 22.8. The molecule has 1 N–H and O–H groups in total. The fraction of sp³-hybridized carbons (Fsp3) is 0.806. The van der Waals surface area contributed by atoms with Crippen LogP contribution in [0.25, 0.3) is 0 Å². The molecule has 5 aliphatic rings. The summed E-state index contributed by atoms with van der Waals surface area (Å²) in [6, 6.07) is 0. The molecule has 200 valence electrons. The minimum absolute atomic E-state index is 0.0504. The molecule has 4 aliphatic carbocycles. The highest BCUT2D eigenvalue weighted by Gasteiger charge is 2.63. The van der Waals surface area contributed by atoms with Crippen molar-refractivity contribution >= 4 is 11.9 Å². The molecule has 0 aromatic carbocycles. The van der Waals surface area contributed by atoms with Crippen molar-refractivity contribution in [1.29, 1.82) is 0 Å². The summed E-state index contributed by atoms with van der Waals surface area (Å²) in [5.74, 6) is 4.37. The van der Waals surface area contributed by atoms with Crippen molar-refractivity contribution in [2.24, 2.45) is 40.4 Å². The zero-order chi connectivity index (χ0) is 25.8. The number of carbonyl (C=O) groups is 2. The van der Waals surface area contributed by atoms with Gasteiger partial charge in [0.2, 0.25) is 5.91 Å². The summed E-state index contributed by atoms with van der Waals surface area (Å²) < 4.78 is 12.3. The lowest BCUT2D eigenvalue weighted by Crippen LogP contribution is -2.50. The molecule has 5 rings (SSSR count). The molecule has 9 atom stereocenters. The highest BCUT2D eigenvalue weighted by Crippen LogP contribution is 2.69. The first-order valence-electron chi connectivity index (χ1n) is 14.5. The van der Waals surface area contributed by atoms with E-state index in [1.807, 2.05) is 0 Å². The van der Waals surface area contributed by atoms with Gasteiger partial charge in [-0.2, -0.15) is 0 Å². The second-order valence-corrected chi connectivity index (χ2v) is 13.3. The SMILES string of the molecule is CC(=O)NC[C@H](C)CCC1=C(C)[C@@H]2[C@H](C[C@@H]3[C@H]4CC=C5C[C@@H](OC(C)=O)CC[C@]5(C)[C@@H]4CC[C@@]32C)O1. The van der Waals surface area contributed by atoms with Gasteiger partial charge in [-0.15, -0.1) is 0 Å².